The van der Waals surface area contributed by atoms with Crippen molar-refractivity contribution in [3.05, 3.63) is 64.4 Å². The van der Waals surface area contributed by atoms with E-state index in [0.717, 1.165) is 27.3 Å². The number of carbonyl (C=O) groups is 1. The molecule has 0 saturated heterocycles. The van der Waals surface area contributed by atoms with Gasteiger partial charge in [-0.15, -0.1) is 10.2 Å². The van der Waals surface area contributed by atoms with E-state index in [2.05, 4.69) is 31.4 Å². The number of carbonyl (C=O) groups excluding carboxylic acids is 1. The molecule has 27 heavy (non-hydrogen) atoms. The predicted octanol–water partition coefficient (Wildman–Crippen LogP) is 3.91. The second-order valence-corrected chi connectivity index (χ2v) is 7.69. The van der Waals surface area contributed by atoms with Gasteiger partial charge in [0.2, 0.25) is 5.91 Å². The van der Waals surface area contributed by atoms with Gasteiger partial charge < -0.3 is 14.6 Å². The molecule has 3 rings (SSSR count). The van der Waals surface area contributed by atoms with Gasteiger partial charge in [-0.2, -0.15) is 0 Å². The van der Waals surface area contributed by atoms with Gasteiger partial charge in [0.05, 0.1) is 12.9 Å². The van der Waals surface area contributed by atoms with E-state index < -0.39 is 0 Å². The number of hydrogen-bond donors (Lipinski definition) is 1. The van der Waals surface area contributed by atoms with Crippen LogP contribution in [0.25, 0.3) is 0 Å². The van der Waals surface area contributed by atoms with Crippen molar-refractivity contribution in [1.29, 1.82) is 0 Å². The largest absolute Gasteiger partial charge is 0.497 e. The molecule has 0 aliphatic rings. The summed E-state index contributed by atoms with van der Waals surface area (Å²) in [7, 11) is 3.56. The van der Waals surface area contributed by atoms with Crippen molar-refractivity contribution in [2.75, 3.05) is 18.2 Å². The van der Waals surface area contributed by atoms with E-state index in [4.69, 9.17) is 4.74 Å². The molecular weight excluding hydrogens is 428 g/mol. The number of anilines is 1. The van der Waals surface area contributed by atoms with E-state index in [-0.39, 0.29) is 11.7 Å². The van der Waals surface area contributed by atoms with Crippen molar-refractivity contribution in [3.8, 4) is 5.75 Å². The number of amides is 1. The number of hydrogen-bond acceptors (Lipinski definition) is 5. The minimum Gasteiger partial charge on any atom is -0.497 e. The maximum atomic E-state index is 12.2. The van der Waals surface area contributed by atoms with E-state index in [1.165, 1.54) is 11.8 Å². The highest BCUT2D eigenvalue weighted by molar-refractivity contribution is 9.10. The lowest BCUT2D eigenvalue weighted by Gasteiger charge is -2.06. The highest BCUT2D eigenvalue weighted by Gasteiger charge is 2.12. The van der Waals surface area contributed by atoms with E-state index in [9.17, 15) is 4.79 Å². The Hall–Kier alpha value is -2.32. The number of ether oxygens (including phenoxy) is 1. The first-order valence-corrected chi connectivity index (χ1v) is 10.0. The third-order valence-corrected chi connectivity index (χ3v) is 5.40. The molecular formula is C19H19BrN4O2S. The fourth-order valence-corrected chi connectivity index (χ4v) is 3.57. The van der Waals surface area contributed by atoms with Gasteiger partial charge in [-0.25, -0.2) is 0 Å². The highest BCUT2D eigenvalue weighted by atomic mass is 79.9. The van der Waals surface area contributed by atoms with Crippen LogP contribution >= 0.6 is 27.7 Å². The lowest BCUT2D eigenvalue weighted by molar-refractivity contribution is -0.113. The van der Waals surface area contributed by atoms with Crippen molar-refractivity contribution in [2.24, 2.45) is 7.05 Å². The molecule has 0 spiro atoms. The smallest absolute Gasteiger partial charge is 0.234 e. The molecule has 0 aliphatic carbocycles. The molecule has 0 saturated carbocycles. The molecule has 0 bridgehead atoms. The molecule has 1 N–H and O–H groups in total. The molecule has 0 radical (unpaired) electrons. The van der Waals surface area contributed by atoms with Crippen molar-refractivity contribution >= 4 is 39.3 Å². The van der Waals surface area contributed by atoms with Crippen LogP contribution in [0.5, 0.6) is 5.75 Å². The van der Waals surface area contributed by atoms with Crippen molar-refractivity contribution < 1.29 is 9.53 Å². The Labute approximate surface area is 170 Å². The average molecular weight is 447 g/mol. The first-order valence-electron chi connectivity index (χ1n) is 8.24. The maximum Gasteiger partial charge on any atom is 0.234 e. The zero-order chi connectivity index (χ0) is 19.2. The topological polar surface area (TPSA) is 69.0 Å². The van der Waals surface area contributed by atoms with Crippen molar-refractivity contribution in [3.63, 3.8) is 0 Å². The highest BCUT2D eigenvalue weighted by Crippen LogP contribution is 2.20. The molecule has 2 aromatic carbocycles. The average Bonchev–Trinajstić information content (AvgIpc) is 3.00. The Balaban J connectivity index is 1.57. The van der Waals surface area contributed by atoms with Crippen LogP contribution in [0.1, 0.15) is 11.4 Å². The maximum absolute atomic E-state index is 12.2. The minimum atomic E-state index is -0.0854. The summed E-state index contributed by atoms with van der Waals surface area (Å²) in [6, 6.07) is 15.4. The van der Waals surface area contributed by atoms with Gasteiger partial charge in [0.25, 0.3) is 0 Å². The molecule has 8 heteroatoms. The first-order chi connectivity index (χ1) is 13.0. The van der Waals surface area contributed by atoms with Gasteiger partial charge in [0.1, 0.15) is 11.6 Å². The molecule has 3 aromatic rings. The minimum absolute atomic E-state index is 0.0854. The summed E-state index contributed by atoms with van der Waals surface area (Å²) >= 11 is 4.75. The molecule has 1 amide bonds. The third kappa shape index (κ3) is 5.33. The Bertz CT molecular complexity index is 928. The Morgan fingerprint density at radius 3 is 2.70 bits per heavy atom. The zero-order valence-electron chi connectivity index (χ0n) is 15.0. The summed E-state index contributed by atoms with van der Waals surface area (Å²) < 4.78 is 8.01. The number of nitrogens with zero attached hydrogens (tertiary/aromatic N) is 3. The fourth-order valence-electron chi connectivity index (χ4n) is 2.44. The van der Waals surface area contributed by atoms with Crippen molar-refractivity contribution in [1.82, 2.24) is 14.8 Å². The number of benzene rings is 2. The van der Waals surface area contributed by atoms with Crippen LogP contribution in [0, 0.1) is 0 Å². The molecule has 140 valence electrons. The Morgan fingerprint density at radius 1 is 1.22 bits per heavy atom. The Kier molecular flexibility index (Phi) is 6.52. The SMILES string of the molecule is COc1ccc(Cc2nnc(SCC(=O)Nc3cccc(Br)c3)n2C)cc1. The lowest BCUT2D eigenvalue weighted by Crippen LogP contribution is -2.14. The first kappa shape index (κ1) is 19.4. The van der Waals surface area contributed by atoms with Crippen LogP contribution in [0.15, 0.2) is 58.2 Å². The number of nitrogens with one attached hydrogen (secondary N) is 1. The lowest BCUT2D eigenvalue weighted by atomic mass is 10.1. The number of rotatable bonds is 7. The summed E-state index contributed by atoms with van der Waals surface area (Å²) in [5, 5.41) is 12.0. The number of halogens is 1. The Morgan fingerprint density at radius 2 is 2.00 bits per heavy atom. The second kappa shape index (κ2) is 9.05. The van der Waals surface area contributed by atoms with E-state index in [1.807, 2.05) is 60.1 Å². The van der Waals surface area contributed by atoms with Crippen LogP contribution < -0.4 is 10.1 Å². The van der Waals surface area contributed by atoms with Gasteiger partial charge in [-0.05, 0) is 35.9 Å². The standard InChI is InChI=1S/C19H19BrN4O2S/c1-24-17(10-13-6-8-16(26-2)9-7-13)22-23-19(24)27-12-18(25)21-15-5-3-4-14(20)11-15/h3-9,11H,10,12H2,1-2H3,(H,21,25). The van der Waals surface area contributed by atoms with Gasteiger partial charge >= 0.3 is 0 Å². The van der Waals surface area contributed by atoms with Crippen LogP contribution in [0.3, 0.4) is 0 Å². The van der Waals surface area contributed by atoms with E-state index in [1.54, 1.807) is 7.11 Å². The number of thioether (sulfide) groups is 1. The molecule has 0 unspecified atom stereocenters. The van der Waals surface area contributed by atoms with Crippen molar-refractivity contribution in [2.45, 2.75) is 11.6 Å². The molecule has 6 nitrogen and oxygen atoms in total. The van der Waals surface area contributed by atoms with Gasteiger partial charge in [0.15, 0.2) is 5.16 Å². The fraction of sp³-hybridized carbons (Fsp3) is 0.211. The van der Waals surface area contributed by atoms with Crippen LogP contribution in [-0.4, -0.2) is 33.5 Å². The molecule has 0 atom stereocenters. The predicted molar refractivity (Wildman–Crippen MR) is 110 cm³/mol. The number of aromatic nitrogens is 3. The summed E-state index contributed by atoms with van der Waals surface area (Å²) in [6.07, 6.45) is 0.665. The monoisotopic (exact) mass is 446 g/mol. The summed E-state index contributed by atoms with van der Waals surface area (Å²) in [5.74, 6) is 1.85. The third-order valence-electron chi connectivity index (χ3n) is 3.89. The number of methoxy groups -OCH3 is 1. The van der Waals surface area contributed by atoms with Gasteiger partial charge in [0, 0.05) is 23.6 Å². The summed E-state index contributed by atoms with van der Waals surface area (Å²) in [5.41, 5.74) is 1.88. The summed E-state index contributed by atoms with van der Waals surface area (Å²) in [6.45, 7) is 0. The molecule has 0 aliphatic heterocycles. The molecule has 1 heterocycles. The van der Waals surface area contributed by atoms with Crippen LogP contribution in [0.2, 0.25) is 0 Å². The quantitative estimate of drug-likeness (QED) is 0.557. The second-order valence-electron chi connectivity index (χ2n) is 5.83. The molecule has 1 aromatic heterocycles. The summed E-state index contributed by atoms with van der Waals surface area (Å²) in [4.78, 5) is 12.2. The van der Waals surface area contributed by atoms with Gasteiger partial charge in [-0.3, -0.25) is 4.79 Å². The van der Waals surface area contributed by atoms with Gasteiger partial charge in [-0.1, -0.05) is 45.9 Å². The van der Waals surface area contributed by atoms with E-state index >= 15 is 0 Å². The zero-order valence-corrected chi connectivity index (χ0v) is 17.4. The van der Waals surface area contributed by atoms with Crippen LogP contribution in [-0.2, 0) is 18.3 Å². The van der Waals surface area contributed by atoms with E-state index in [0.29, 0.717) is 11.6 Å². The normalized spacial score (nSPS) is 10.6. The molecule has 0 fully saturated rings. The van der Waals surface area contributed by atoms with Crippen LogP contribution in [0.4, 0.5) is 5.69 Å².